The van der Waals surface area contributed by atoms with Crippen LogP contribution in [-0.2, 0) is 6.18 Å². The number of rotatable bonds is 4. The Morgan fingerprint density at radius 2 is 1.78 bits per heavy atom. The molecule has 27 heavy (non-hydrogen) atoms. The lowest BCUT2D eigenvalue weighted by Gasteiger charge is -2.03. The molecular weight excluding hydrogens is 385 g/mol. The van der Waals surface area contributed by atoms with Crippen LogP contribution < -0.4 is 4.74 Å². The Balaban J connectivity index is 1.60. The van der Waals surface area contributed by atoms with Crippen LogP contribution in [0.25, 0.3) is 17.1 Å². The SMILES string of the molecule is COc1ccc(-c2nnc(Sc3ccc4nnc(C(F)(F)F)n4n3)o2)cc1. The number of methoxy groups -OCH3 is 1. The topological polar surface area (TPSA) is 91.2 Å². The Kier molecular flexibility index (Phi) is 4.18. The molecule has 0 fully saturated rings. The van der Waals surface area contributed by atoms with E-state index in [1.165, 1.54) is 12.1 Å². The second kappa shape index (κ2) is 6.54. The smallest absolute Gasteiger partial charge is 0.453 e. The van der Waals surface area contributed by atoms with Gasteiger partial charge in [-0.1, -0.05) is 0 Å². The molecule has 0 amide bonds. The first-order valence-corrected chi connectivity index (χ1v) is 8.21. The molecule has 0 N–H and O–H groups in total. The van der Waals surface area contributed by atoms with Crippen molar-refractivity contribution in [3.05, 3.63) is 42.2 Å². The Bertz CT molecular complexity index is 1090. The summed E-state index contributed by atoms with van der Waals surface area (Å²) in [5.74, 6) is -0.259. The van der Waals surface area contributed by atoms with Gasteiger partial charge in [0.25, 0.3) is 11.0 Å². The zero-order valence-electron chi connectivity index (χ0n) is 13.5. The average molecular weight is 394 g/mol. The number of nitrogens with zero attached hydrogens (tertiary/aromatic N) is 6. The van der Waals surface area contributed by atoms with E-state index in [4.69, 9.17) is 9.15 Å². The number of hydrogen-bond acceptors (Lipinski definition) is 8. The maximum atomic E-state index is 12.9. The summed E-state index contributed by atoms with van der Waals surface area (Å²) in [5, 5.41) is 18.6. The van der Waals surface area contributed by atoms with Crippen LogP contribution in [0.3, 0.4) is 0 Å². The van der Waals surface area contributed by atoms with Crippen LogP contribution in [0.1, 0.15) is 5.82 Å². The van der Waals surface area contributed by atoms with Crippen molar-refractivity contribution in [2.24, 2.45) is 0 Å². The molecule has 0 spiro atoms. The minimum Gasteiger partial charge on any atom is -0.497 e. The zero-order valence-corrected chi connectivity index (χ0v) is 14.3. The predicted octanol–water partition coefficient (Wildman–Crippen LogP) is 3.35. The van der Waals surface area contributed by atoms with E-state index in [1.807, 2.05) is 0 Å². The van der Waals surface area contributed by atoms with Crippen LogP contribution in [0.15, 0.2) is 51.1 Å². The number of halogens is 3. The minimum absolute atomic E-state index is 0.0175. The summed E-state index contributed by atoms with van der Waals surface area (Å²) in [6.07, 6.45) is -4.66. The predicted molar refractivity (Wildman–Crippen MR) is 86.2 cm³/mol. The van der Waals surface area contributed by atoms with Crippen molar-refractivity contribution >= 4 is 17.4 Å². The molecule has 0 unspecified atom stereocenters. The molecule has 138 valence electrons. The number of benzene rings is 1. The molecule has 0 atom stereocenters. The lowest BCUT2D eigenvalue weighted by atomic mass is 10.2. The summed E-state index contributed by atoms with van der Waals surface area (Å²) < 4.78 is 50.0. The van der Waals surface area contributed by atoms with Gasteiger partial charge < -0.3 is 9.15 Å². The van der Waals surface area contributed by atoms with Gasteiger partial charge in [-0.3, -0.25) is 0 Å². The summed E-state index contributed by atoms with van der Waals surface area (Å²) in [5.41, 5.74) is 0.660. The van der Waals surface area contributed by atoms with Crippen molar-refractivity contribution in [2.45, 2.75) is 16.4 Å². The molecule has 0 bridgehead atoms. The van der Waals surface area contributed by atoms with Gasteiger partial charge in [-0.25, -0.2) is 0 Å². The molecule has 1 aromatic carbocycles. The van der Waals surface area contributed by atoms with E-state index in [1.54, 1.807) is 31.4 Å². The lowest BCUT2D eigenvalue weighted by molar-refractivity contribution is -0.146. The first kappa shape index (κ1) is 17.3. The monoisotopic (exact) mass is 394 g/mol. The average Bonchev–Trinajstić information content (AvgIpc) is 3.28. The first-order valence-electron chi connectivity index (χ1n) is 7.39. The van der Waals surface area contributed by atoms with Crippen LogP contribution >= 0.6 is 11.8 Å². The number of ether oxygens (including phenoxy) is 1. The van der Waals surface area contributed by atoms with E-state index in [9.17, 15) is 13.2 Å². The minimum atomic E-state index is -4.66. The molecule has 4 rings (SSSR count). The fourth-order valence-corrected chi connectivity index (χ4v) is 2.83. The molecule has 4 aromatic rings. The van der Waals surface area contributed by atoms with Crippen molar-refractivity contribution in [2.75, 3.05) is 7.11 Å². The zero-order chi connectivity index (χ0) is 19.0. The normalized spacial score (nSPS) is 11.9. The molecule has 0 aliphatic heterocycles. The molecule has 0 radical (unpaired) electrons. The van der Waals surface area contributed by atoms with E-state index in [0.717, 1.165) is 11.8 Å². The van der Waals surface area contributed by atoms with Crippen molar-refractivity contribution in [3.63, 3.8) is 0 Å². The molecule has 8 nitrogen and oxygen atoms in total. The fraction of sp³-hybridized carbons (Fsp3) is 0.133. The Morgan fingerprint density at radius 3 is 2.48 bits per heavy atom. The van der Waals surface area contributed by atoms with Crippen LogP contribution in [-0.4, -0.2) is 37.1 Å². The van der Waals surface area contributed by atoms with Gasteiger partial charge in [0.15, 0.2) is 5.65 Å². The quantitative estimate of drug-likeness (QED) is 0.520. The molecule has 12 heteroatoms. The van der Waals surface area contributed by atoms with E-state index in [2.05, 4.69) is 25.5 Å². The van der Waals surface area contributed by atoms with Crippen LogP contribution in [0, 0.1) is 0 Å². The molecule has 0 aliphatic carbocycles. The number of hydrogen-bond donors (Lipinski definition) is 0. The van der Waals surface area contributed by atoms with Crippen molar-refractivity contribution in [1.29, 1.82) is 0 Å². The summed E-state index contributed by atoms with van der Waals surface area (Å²) in [6.45, 7) is 0. The van der Waals surface area contributed by atoms with Crippen LogP contribution in [0.4, 0.5) is 13.2 Å². The van der Waals surface area contributed by atoms with Gasteiger partial charge in [-0.2, -0.15) is 22.8 Å². The molecular formula is C15H9F3N6O2S. The van der Waals surface area contributed by atoms with E-state index in [0.29, 0.717) is 15.8 Å². The molecule has 0 saturated heterocycles. The maximum absolute atomic E-state index is 12.9. The third-order valence-electron chi connectivity index (χ3n) is 3.43. The summed E-state index contributed by atoms with van der Waals surface area (Å²) in [6, 6.07) is 9.85. The van der Waals surface area contributed by atoms with Gasteiger partial charge in [-0.15, -0.1) is 20.4 Å². The standard InChI is InChI=1S/C15H9F3N6O2S/c1-25-9-4-2-8(3-5-9)12-20-22-14(26-12)27-11-7-6-10-19-21-13(15(16,17)18)24(10)23-11/h2-7H,1H3. The van der Waals surface area contributed by atoms with Gasteiger partial charge in [0, 0.05) is 5.56 Å². The van der Waals surface area contributed by atoms with Gasteiger partial charge in [0.05, 0.1) is 7.11 Å². The largest absolute Gasteiger partial charge is 0.497 e. The van der Waals surface area contributed by atoms with Gasteiger partial charge in [0.2, 0.25) is 5.89 Å². The third-order valence-corrected chi connectivity index (χ3v) is 4.19. The second-order valence-electron chi connectivity index (χ2n) is 5.17. The van der Waals surface area contributed by atoms with E-state index < -0.39 is 12.0 Å². The van der Waals surface area contributed by atoms with Gasteiger partial charge in [-0.05, 0) is 48.2 Å². The Labute approximate surface area is 153 Å². The molecule has 3 aromatic heterocycles. The number of alkyl halides is 3. The lowest BCUT2D eigenvalue weighted by Crippen LogP contribution is -2.12. The summed E-state index contributed by atoms with van der Waals surface area (Å²) in [4.78, 5) is 0. The Hall–Kier alpha value is -3.15. The molecule has 3 heterocycles. The summed E-state index contributed by atoms with van der Waals surface area (Å²) in [7, 11) is 1.56. The van der Waals surface area contributed by atoms with Crippen molar-refractivity contribution < 1.29 is 22.3 Å². The number of fused-ring (bicyclic) bond motifs is 1. The maximum Gasteiger partial charge on any atom is 0.453 e. The second-order valence-corrected chi connectivity index (χ2v) is 6.14. The van der Waals surface area contributed by atoms with E-state index >= 15 is 0 Å². The molecule has 0 aliphatic rings. The van der Waals surface area contributed by atoms with E-state index in [-0.39, 0.29) is 21.8 Å². The first-order chi connectivity index (χ1) is 12.9. The van der Waals surface area contributed by atoms with Crippen LogP contribution in [0.2, 0.25) is 0 Å². The molecule has 0 saturated carbocycles. The van der Waals surface area contributed by atoms with Gasteiger partial charge >= 0.3 is 6.18 Å². The fourth-order valence-electron chi connectivity index (χ4n) is 2.19. The highest BCUT2D eigenvalue weighted by Crippen LogP contribution is 2.31. The van der Waals surface area contributed by atoms with Crippen molar-refractivity contribution in [3.8, 4) is 17.2 Å². The highest BCUT2D eigenvalue weighted by molar-refractivity contribution is 7.99. The number of aromatic nitrogens is 6. The van der Waals surface area contributed by atoms with Crippen molar-refractivity contribution in [1.82, 2.24) is 30.0 Å². The van der Waals surface area contributed by atoms with Crippen LogP contribution in [0.5, 0.6) is 5.75 Å². The van der Waals surface area contributed by atoms with Gasteiger partial charge in [0.1, 0.15) is 10.8 Å². The Morgan fingerprint density at radius 1 is 1.00 bits per heavy atom. The highest BCUT2D eigenvalue weighted by atomic mass is 32.2. The third kappa shape index (κ3) is 3.43. The highest BCUT2D eigenvalue weighted by Gasteiger charge is 2.37. The summed E-state index contributed by atoms with van der Waals surface area (Å²) >= 11 is 0.929.